The molecular formula is C17H23N3O3S. The molecule has 130 valence electrons. The van der Waals surface area contributed by atoms with Gasteiger partial charge in [0.1, 0.15) is 5.69 Å². The number of hydrogen-bond donors (Lipinski definition) is 2. The second kappa shape index (κ2) is 6.22. The van der Waals surface area contributed by atoms with E-state index >= 15 is 0 Å². The molecule has 1 aromatic heterocycles. The van der Waals surface area contributed by atoms with Gasteiger partial charge in [0.2, 0.25) is 10.0 Å². The third-order valence-corrected chi connectivity index (χ3v) is 5.53. The molecule has 0 radical (unpaired) electrons. The summed E-state index contributed by atoms with van der Waals surface area (Å²) < 4.78 is 22.6. The maximum atomic E-state index is 12.8. The number of aryl methyl sites for hydroxylation is 2. The lowest BCUT2D eigenvalue weighted by molar-refractivity contribution is 0.0679. The van der Waals surface area contributed by atoms with Crippen LogP contribution in [0.25, 0.3) is 10.9 Å². The maximum absolute atomic E-state index is 12.8. The summed E-state index contributed by atoms with van der Waals surface area (Å²) in [4.78, 5) is 17.7. The molecule has 1 aliphatic heterocycles. The van der Waals surface area contributed by atoms with Gasteiger partial charge in [0.05, 0.1) is 5.75 Å². The van der Waals surface area contributed by atoms with E-state index in [0.717, 1.165) is 34.9 Å². The van der Waals surface area contributed by atoms with Crippen LogP contribution in [0.3, 0.4) is 0 Å². The highest BCUT2D eigenvalue weighted by molar-refractivity contribution is 7.89. The normalized spacial score (nSPS) is 19.0. The fourth-order valence-electron chi connectivity index (χ4n) is 3.60. The lowest BCUT2D eigenvalue weighted by Gasteiger charge is -2.32. The molecule has 3 rings (SSSR count). The molecule has 1 aliphatic rings. The number of carbonyl (C=O) groups excluding carboxylic acids is 1. The van der Waals surface area contributed by atoms with Gasteiger partial charge in [-0.2, -0.15) is 0 Å². The van der Waals surface area contributed by atoms with Crippen LogP contribution in [0.1, 0.15) is 34.5 Å². The zero-order chi connectivity index (χ0) is 17.5. The largest absolute Gasteiger partial charge is 0.351 e. The van der Waals surface area contributed by atoms with Gasteiger partial charge in [-0.3, -0.25) is 4.79 Å². The minimum atomic E-state index is -3.51. The molecule has 1 atom stereocenters. The summed E-state index contributed by atoms with van der Waals surface area (Å²) in [6, 6.07) is 6.00. The van der Waals surface area contributed by atoms with Crippen molar-refractivity contribution >= 4 is 26.8 Å². The molecule has 1 saturated heterocycles. The van der Waals surface area contributed by atoms with Crippen LogP contribution in [0.5, 0.6) is 0 Å². The van der Waals surface area contributed by atoms with Crippen molar-refractivity contribution in [2.24, 2.45) is 11.1 Å². The number of benzene rings is 1. The van der Waals surface area contributed by atoms with E-state index in [1.54, 1.807) is 4.90 Å². The molecule has 0 aliphatic carbocycles. The van der Waals surface area contributed by atoms with Crippen LogP contribution < -0.4 is 5.14 Å². The molecular weight excluding hydrogens is 326 g/mol. The van der Waals surface area contributed by atoms with Crippen molar-refractivity contribution in [2.45, 2.75) is 26.7 Å². The predicted octanol–water partition coefficient (Wildman–Crippen LogP) is 1.93. The first kappa shape index (κ1) is 17.0. The molecule has 24 heavy (non-hydrogen) atoms. The number of rotatable bonds is 3. The third kappa shape index (κ3) is 3.62. The SMILES string of the molecule is Cc1cc(C)c2cc(C(=O)N3CCCC(CS(N)(=O)=O)C3)[nH]c2c1. The fourth-order valence-corrected chi connectivity index (χ4v) is 4.53. The standard InChI is InChI=1S/C17H23N3O3S/c1-11-6-12(2)14-8-16(19-15(14)7-11)17(21)20-5-3-4-13(9-20)10-24(18,22)23/h6-8,13,19H,3-5,9-10H2,1-2H3,(H2,18,22,23). The molecule has 2 heterocycles. The Morgan fingerprint density at radius 2 is 2.08 bits per heavy atom. The first-order valence-electron chi connectivity index (χ1n) is 8.12. The van der Waals surface area contributed by atoms with Crippen molar-refractivity contribution in [3.8, 4) is 0 Å². The molecule has 0 bridgehead atoms. The van der Waals surface area contributed by atoms with Gasteiger partial charge in [0.25, 0.3) is 5.91 Å². The number of aromatic nitrogens is 1. The Bertz CT molecular complexity index is 886. The average Bonchev–Trinajstić information content (AvgIpc) is 2.89. The Labute approximate surface area is 142 Å². The van der Waals surface area contributed by atoms with E-state index in [4.69, 9.17) is 5.14 Å². The summed E-state index contributed by atoms with van der Waals surface area (Å²) in [6.45, 7) is 5.13. The number of H-pyrrole nitrogens is 1. The summed E-state index contributed by atoms with van der Waals surface area (Å²) in [7, 11) is -3.51. The van der Waals surface area contributed by atoms with Crippen molar-refractivity contribution in [1.29, 1.82) is 0 Å². The Kier molecular flexibility index (Phi) is 4.40. The fraction of sp³-hybridized carbons (Fsp3) is 0.471. The number of sulfonamides is 1. The molecule has 0 spiro atoms. The van der Waals surface area contributed by atoms with E-state index in [1.165, 1.54) is 0 Å². The van der Waals surface area contributed by atoms with Gasteiger partial charge in [0.15, 0.2) is 0 Å². The topological polar surface area (TPSA) is 96.3 Å². The van der Waals surface area contributed by atoms with Crippen LogP contribution in [-0.2, 0) is 10.0 Å². The average molecular weight is 349 g/mol. The van der Waals surface area contributed by atoms with Crippen LogP contribution in [0.4, 0.5) is 0 Å². The number of nitrogens with zero attached hydrogens (tertiary/aromatic N) is 1. The summed E-state index contributed by atoms with van der Waals surface area (Å²) in [5.74, 6) is -0.240. The molecule has 1 fully saturated rings. The molecule has 7 heteroatoms. The number of carbonyl (C=O) groups is 1. The van der Waals surface area contributed by atoms with Crippen LogP contribution in [0, 0.1) is 19.8 Å². The second-order valence-corrected chi connectivity index (χ2v) is 8.47. The highest BCUT2D eigenvalue weighted by Crippen LogP contribution is 2.24. The van der Waals surface area contributed by atoms with Crippen molar-refractivity contribution in [2.75, 3.05) is 18.8 Å². The number of amides is 1. The molecule has 1 unspecified atom stereocenters. The summed E-state index contributed by atoms with van der Waals surface area (Å²) in [5.41, 5.74) is 3.78. The molecule has 2 aromatic rings. The Balaban J connectivity index is 1.82. The van der Waals surface area contributed by atoms with E-state index in [9.17, 15) is 13.2 Å². The number of nitrogens with two attached hydrogens (primary N) is 1. The summed E-state index contributed by atoms with van der Waals surface area (Å²) in [6.07, 6.45) is 1.58. The highest BCUT2D eigenvalue weighted by atomic mass is 32.2. The van der Waals surface area contributed by atoms with E-state index in [-0.39, 0.29) is 17.6 Å². The zero-order valence-corrected chi connectivity index (χ0v) is 14.8. The Hall–Kier alpha value is -1.86. The van der Waals surface area contributed by atoms with Gasteiger partial charge in [-0.15, -0.1) is 0 Å². The number of aromatic amines is 1. The van der Waals surface area contributed by atoms with Crippen molar-refractivity contribution in [3.63, 3.8) is 0 Å². The highest BCUT2D eigenvalue weighted by Gasteiger charge is 2.27. The van der Waals surface area contributed by atoms with Crippen molar-refractivity contribution < 1.29 is 13.2 Å². The van der Waals surface area contributed by atoms with Gasteiger partial charge < -0.3 is 9.88 Å². The molecule has 1 aromatic carbocycles. The van der Waals surface area contributed by atoms with Crippen LogP contribution in [0.2, 0.25) is 0 Å². The van der Waals surface area contributed by atoms with Gasteiger partial charge in [-0.1, -0.05) is 6.07 Å². The lowest BCUT2D eigenvalue weighted by atomic mass is 10.00. The van der Waals surface area contributed by atoms with E-state index in [0.29, 0.717) is 18.8 Å². The molecule has 0 saturated carbocycles. The minimum Gasteiger partial charge on any atom is -0.351 e. The third-order valence-electron chi connectivity index (χ3n) is 4.59. The maximum Gasteiger partial charge on any atom is 0.270 e. The first-order chi connectivity index (χ1) is 11.2. The monoisotopic (exact) mass is 349 g/mol. The number of piperidine rings is 1. The quantitative estimate of drug-likeness (QED) is 0.886. The van der Waals surface area contributed by atoms with Crippen LogP contribution in [-0.4, -0.2) is 43.1 Å². The van der Waals surface area contributed by atoms with Gasteiger partial charge in [0, 0.05) is 24.0 Å². The van der Waals surface area contributed by atoms with Gasteiger partial charge in [-0.05, 0) is 55.9 Å². The summed E-state index contributed by atoms with van der Waals surface area (Å²) in [5, 5.41) is 6.19. The molecule has 6 nitrogen and oxygen atoms in total. The number of primary sulfonamides is 1. The first-order valence-corrected chi connectivity index (χ1v) is 9.84. The van der Waals surface area contributed by atoms with E-state index in [1.807, 2.05) is 26.0 Å². The van der Waals surface area contributed by atoms with Gasteiger partial charge in [-0.25, -0.2) is 13.6 Å². The Morgan fingerprint density at radius 1 is 1.33 bits per heavy atom. The summed E-state index contributed by atoms with van der Waals surface area (Å²) >= 11 is 0. The Morgan fingerprint density at radius 3 is 2.79 bits per heavy atom. The number of hydrogen-bond acceptors (Lipinski definition) is 3. The zero-order valence-electron chi connectivity index (χ0n) is 14.0. The number of likely N-dealkylation sites (tertiary alicyclic amines) is 1. The van der Waals surface area contributed by atoms with Crippen molar-refractivity contribution in [3.05, 3.63) is 35.0 Å². The minimum absolute atomic E-state index is 0.0677. The number of nitrogens with one attached hydrogen (secondary N) is 1. The number of fused-ring (bicyclic) bond motifs is 1. The van der Waals surface area contributed by atoms with E-state index in [2.05, 4.69) is 11.1 Å². The van der Waals surface area contributed by atoms with Crippen molar-refractivity contribution in [1.82, 2.24) is 9.88 Å². The molecule has 1 amide bonds. The smallest absolute Gasteiger partial charge is 0.270 e. The predicted molar refractivity (Wildman–Crippen MR) is 94.4 cm³/mol. The van der Waals surface area contributed by atoms with Crippen LogP contribution >= 0.6 is 0 Å². The van der Waals surface area contributed by atoms with E-state index < -0.39 is 10.0 Å². The van der Waals surface area contributed by atoms with Gasteiger partial charge >= 0.3 is 0 Å². The second-order valence-electron chi connectivity index (χ2n) is 6.82. The molecule has 3 N–H and O–H groups in total. The lowest BCUT2D eigenvalue weighted by Crippen LogP contribution is -2.42. The van der Waals surface area contributed by atoms with Crippen LogP contribution in [0.15, 0.2) is 18.2 Å².